The molecule has 0 nitrogen and oxygen atoms in total. The Kier molecular flexibility index (Phi) is 4.26. The van der Waals surface area contributed by atoms with E-state index in [1.807, 2.05) is 6.07 Å². The van der Waals surface area contributed by atoms with E-state index in [-0.39, 0.29) is 24.7 Å². The molecule has 0 radical (unpaired) electrons. The van der Waals surface area contributed by atoms with Crippen molar-refractivity contribution in [2.75, 3.05) is 0 Å². The van der Waals surface area contributed by atoms with Crippen molar-refractivity contribution in [1.29, 1.82) is 0 Å². The Hall–Kier alpha value is -0.0357. The second-order valence-corrected chi connectivity index (χ2v) is 8.75. The predicted molar refractivity (Wildman–Crippen MR) is 48.2 cm³/mol. The van der Waals surface area contributed by atoms with Crippen LogP contribution in [0.25, 0.3) is 0 Å². The van der Waals surface area contributed by atoms with E-state index in [9.17, 15) is 4.39 Å². The standard InChI is InChI=1S/C9H12FSi.Li/c1-11(2,3)9-6-4-8(10)5-7-9;/h4,6-7H,1-3H3;/q-1;+1. The Balaban J connectivity index is 0.00000121. The molecule has 0 saturated carbocycles. The maximum Gasteiger partial charge on any atom is 1.00 e. The van der Waals surface area contributed by atoms with Gasteiger partial charge in [-0.3, -0.25) is 0 Å². The second kappa shape index (κ2) is 4.27. The molecule has 0 spiro atoms. The van der Waals surface area contributed by atoms with Gasteiger partial charge in [-0.15, -0.1) is 12.1 Å². The molecule has 1 aromatic rings. The van der Waals surface area contributed by atoms with Gasteiger partial charge in [-0.05, 0) is 0 Å². The van der Waals surface area contributed by atoms with Crippen molar-refractivity contribution in [3.05, 3.63) is 30.1 Å². The molecule has 0 atom stereocenters. The summed E-state index contributed by atoms with van der Waals surface area (Å²) in [5.74, 6) is -0.271. The summed E-state index contributed by atoms with van der Waals surface area (Å²) in [5.41, 5.74) is 0. The molecule has 0 aromatic heterocycles. The summed E-state index contributed by atoms with van der Waals surface area (Å²) in [6.45, 7) is 6.69. The van der Waals surface area contributed by atoms with Crippen molar-refractivity contribution in [3.8, 4) is 0 Å². The molecular formula is C9H12FLiSi. The van der Waals surface area contributed by atoms with E-state index in [1.165, 1.54) is 11.3 Å². The van der Waals surface area contributed by atoms with E-state index < -0.39 is 8.07 Å². The van der Waals surface area contributed by atoms with Crippen molar-refractivity contribution >= 4 is 13.3 Å². The van der Waals surface area contributed by atoms with E-state index in [0.29, 0.717) is 0 Å². The summed E-state index contributed by atoms with van der Waals surface area (Å²) < 4.78 is 12.4. The first-order chi connectivity index (χ1) is 5.00. The van der Waals surface area contributed by atoms with Crippen molar-refractivity contribution in [2.45, 2.75) is 19.6 Å². The van der Waals surface area contributed by atoms with Crippen molar-refractivity contribution in [2.24, 2.45) is 0 Å². The first-order valence-corrected chi connectivity index (χ1v) is 7.18. The van der Waals surface area contributed by atoms with Crippen LogP contribution in [-0.4, -0.2) is 8.07 Å². The summed E-state index contributed by atoms with van der Waals surface area (Å²) in [6, 6.07) is 7.68. The maximum absolute atomic E-state index is 12.4. The van der Waals surface area contributed by atoms with E-state index in [1.54, 1.807) is 6.07 Å². The molecule has 60 valence electrons. The number of hydrogen-bond donors (Lipinski definition) is 0. The average Bonchev–Trinajstić information content (AvgIpc) is 1.86. The van der Waals surface area contributed by atoms with Gasteiger partial charge in [-0.2, -0.15) is 17.3 Å². The minimum atomic E-state index is -1.25. The molecule has 1 aromatic carbocycles. The van der Waals surface area contributed by atoms with Crippen LogP contribution in [0.5, 0.6) is 0 Å². The van der Waals surface area contributed by atoms with Gasteiger partial charge in [0.2, 0.25) is 0 Å². The van der Waals surface area contributed by atoms with E-state index in [0.717, 1.165) is 0 Å². The molecule has 0 aliphatic heterocycles. The molecule has 3 heteroatoms. The molecule has 0 aliphatic carbocycles. The van der Waals surface area contributed by atoms with Crippen LogP contribution in [-0.2, 0) is 0 Å². The summed E-state index contributed by atoms with van der Waals surface area (Å²) >= 11 is 0. The van der Waals surface area contributed by atoms with Crippen molar-refractivity contribution in [3.63, 3.8) is 0 Å². The van der Waals surface area contributed by atoms with E-state index >= 15 is 0 Å². The number of rotatable bonds is 1. The normalized spacial score (nSPS) is 10.7. The first kappa shape index (κ1) is 12.0. The Labute approximate surface area is 86.4 Å². The molecule has 0 fully saturated rings. The van der Waals surface area contributed by atoms with Crippen LogP contribution >= 0.6 is 0 Å². The quantitative estimate of drug-likeness (QED) is 0.385. The van der Waals surface area contributed by atoms with Gasteiger partial charge in [0.15, 0.2) is 0 Å². The van der Waals surface area contributed by atoms with Crippen LogP contribution < -0.4 is 24.0 Å². The number of hydrogen-bond acceptors (Lipinski definition) is 0. The van der Waals surface area contributed by atoms with Crippen LogP contribution in [0.2, 0.25) is 19.6 Å². The SMILES string of the molecule is C[Si](C)(C)c1c[c-]c(F)cc1.[Li+]. The largest absolute Gasteiger partial charge is 1.00 e. The average molecular weight is 174 g/mol. The summed E-state index contributed by atoms with van der Waals surface area (Å²) in [6.07, 6.45) is 0. The van der Waals surface area contributed by atoms with Gasteiger partial charge in [0.25, 0.3) is 0 Å². The number of halogens is 1. The second-order valence-electron chi connectivity index (χ2n) is 3.68. The fourth-order valence-corrected chi connectivity index (χ4v) is 1.96. The number of benzene rings is 1. The molecule has 1 rings (SSSR count). The Bertz CT molecular complexity index is 238. The summed E-state index contributed by atoms with van der Waals surface area (Å²) in [4.78, 5) is 0. The van der Waals surface area contributed by atoms with Crippen LogP contribution in [0, 0.1) is 11.9 Å². The van der Waals surface area contributed by atoms with Gasteiger partial charge in [0, 0.05) is 13.9 Å². The first-order valence-electron chi connectivity index (χ1n) is 3.68. The third-order valence-electron chi connectivity index (χ3n) is 1.64. The van der Waals surface area contributed by atoms with Crippen LogP contribution in [0.3, 0.4) is 0 Å². The molecule has 0 unspecified atom stereocenters. The third-order valence-corrected chi connectivity index (χ3v) is 3.68. The Morgan fingerprint density at radius 3 is 2.17 bits per heavy atom. The van der Waals surface area contributed by atoms with Gasteiger partial charge in [0.1, 0.15) is 0 Å². The summed E-state index contributed by atoms with van der Waals surface area (Å²) in [5, 5.41) is 1.25. The minimum absolute atomic E-state index is 0. The smallest absolute Gasteiger partial charge is 0.236 e. The van der Waals surface area contributed by atoms with E-state index in [4.69, 9.17) is 0 Å². The molecule has 12 heavy (non-hydrogen) atoms. The van der Waals surface area contributed by atoms with E-state index in [2.05, 4.69) is 25.7 Å². The molecule has 0 saturated heterocycles. The topological polar surface area (TPSA) is 0 Å². The zero-order valence-electron chi connectivity index (χ0n) is 8.11. The van der Waals surface area contributed by atoms with Crippen LogP contribution in [0.4, 0.5) is 4.39 Å². The Morgan fingerprint density at radius 1 is 1.25 bits per heavy atom. The minimum Gasteiger partial charge on any atom is -0.236 e. The summed E-state index contributed by atoms with van der Waals surface area (Å²) in [7, 11) is -1.25. The zero-order valence-corrected chi connectivity index (χ0v) is 9.11. The fourth-order valence-electron chi connectivity index (χ4n) is 0.872. The van der Waals surface area contributed by atoms with Crippen molar-refractivity contribution in [1.82, 2.24) is 0 Å². The molecule has 0 bridgehead atoms. The monoisotopic (exact) mass is 174 g/mol. The van der Waals surface area contributed by atoms with Crippen LogP contribution in [0.1, 0.15) is 0 Å². The van der Waals surface area contributed by atoms with Gasteiger partial charge in [-0.25, -0.2) is 4.39 Å². The molecular weight excluding hydrogens is 162 g/mol. The van der Waals surface area contributed by atoms with Gasteiger partial charge in [-0.1, -0.05) is 19.6 Å². The van der Waals surface area contributed by atoms with Gasteiger partial charge >= 0.3 is 18.9 Å². The molecule has 0 aliphatic rings. The van der Waals surface area contributed by atoms with Crippen LogP contribution in [0.15, 0.2) is 18.2 Å². The van der Waals surface area contributed by atoms with Gasteiger partial charge in [0.05, 0.1) is 0 Å². The molecule has 0 heterocycles. The predicted octanol–water partition coefficient (Wildman–Crippen LogP) is -0.825. The molecule has 0 N–H and O–H groups in total. The maximum atomic E-state index is 12.4. The van der Waals surface area contributed by atoms with Gasteiger partial charge < -0.3 is 0 Å². The fraction of sp³-hybridized carbons (Fsp3) is 0.333. The zero-order chi connectivity index (χ0) is 8.48. The van der Waals surface area contributed by atoms with Crippen molar-refractivity contribution < 1.29 is 23.3 Å². The third kappa shape index (κ3) is 3.14. The molecule has 0 amide bonds. The Morgan fingerprint density at radius 2 is 1.83 bits per heavy atom.